The van der Waals surface area contributed by atoms with Crippen molar-refractivity contribution in [2.24, 2.45) is 5.92 Å². The van der Waals surface area contributed by atoms with Crippen molar-refractivity contribution < 1.29 is 24.2 Å². The highest BCUT2D eigenvalue weighted by Gasteiger charge is 2.16. The standard InChI is InChI=1S/C24H46O5/c1-4-5-6-10-15-18-24(27)29-22(19-25)20-28-23(26)17-14-12-9-7-8-11-13-16-21(2)3/h21-22,25H,4-20H2,1-3H3/t22-/m0/s1. The molecule has 0 spiro atoms. The van der Waals surface area contributed by atoms with Crippen LogP contribution in [0.3, 0.4) is 0 Å². The monoisotopic (exact) mass is 414 g/mol. The third-order valence-electron chi connectivity index (χ3n) is 5.08. The molecule has 0 rings (SSSR count). The van der Waals surface area contributed by atoms with Gasteiger partial charge in [-0.3, -0.25) is 9.59 Å². The Morgan fingerprint density at radius 1 is 0.759 bits per heavy atom. The van der Waals surface area contributed by atoms with Gasteiger partial charge in [0.2, 0.25) is 0 Å². The highest BCUT2D eigenvalue weighted by Crippen LogP contribution is 2.13. The zero-order valence-corrected chi connectivity index (χ0v) is 19.3. The summed E-state index contributed by atoms with van der Waals surface area (Å²) in [5, 5.41) is 9.33. The molecule has 0 fully saturated rings. The second-order valence-electron chi connectivity index (χ2n) is 8.55. The van der Waals surface area contributed by atoms with Crippen molar-refractivity contribution in [2.75, 3.05) is 13.2 Å². The zero-order valence-electron chi connectivity index (χ0n) is 19.3. The summed E-state index contributed by atoms with van der Waals surface area (Å²) in [4.78, 5) is 23.6. The van der Waals surface area contributed by atoms with Crippen LogP contribution in [0.25, 0.3) is 0 Å². The summed E-state index contributed by atoms with van der Waals surface area (Å²) in [6.45, 7) is 6.29. The molecule has 0 aromatic rings. The van der Waals surface area contributed by atoms with Crippen LogP contribution < -0.4 is 0 Å². The van der Waals surface area contributed by atoms with E-state index in [9.17, 15) is 14.7 Å². The maximum atomic E-state index is 11.8. The molecule has 0 saturated carbocycles. The van der Waals surface area contributed by atoms with Gasteiger partial charge in [0.15, 0.2) is 6.10 Å². The summed E-state index contributed by atoms with van der Waals surface area (Å²) in [6.07, 6.45) is 14.7. The molecule has 172 valence electrons. The molecule has 0 unspecified atom stereocenters. The van der Waals surface area contributed by atoms with Crippen LogP contribution in [0.1, 0.15) is 117 Å². The van der Waals surface area contributed by atoms with Crippen molar-refractivity contribution in [2.45, 2.75) is 123 Å². The fraction of sp³-hybridized carbons (Fsp3) is 0.917. The Morgan fingerprint density at radius 3 is 1.83 bits per heavy atom. The van der Waals surface area contributed by atoms with E-state index < -0.39 is 6.10 Å². The Hall–Kier alpha value is -1.10. The number of hydrogen-bond donors (Lipinski definition) is 1. The van der Waals surface area contributed by atoms with E-state index in [-0.39, 0.29) is 25.2 Å². The van der Waals surface area contributed by atoms with Crippen LogP contribution in [-0.4, -0.2) is 36.4 Å². The van der Waals surface area contributed by atoms with Gasteiger partial charge in [-0.25, -0.2) is 0 Å². The van der Waals surface area contributed by atoms with Gasteiger partial charge in [0.05, 0.1) is 6.61 Å². The molecule has 5 heteroatoms. The Morgan fingerprint density at radius 2 is 1.28 bits per heavy atom. The highest BCUT2D eigenvalue weighted by atomic mass is 16.6. The predicted molar refractivity (Wildman–Crippen MR) is 118 cm³/mol. The van der Waals surface area contributed by atoms with Crippen molar-refractivity contribution in [1.82, 2.24) is 0 Å². The first-order valence-corrected chi connectivity index (χ1v) is 12.0. The second kappa shape index (κ2) is 20.2. The summed E-state index contributed by atoms with van der Waals surface area (Å²) in [6, 6.07) is 0. The van der Waals surface area contributed by atoms with Gasteiger partial charge in [0.1, 0.15) is 6.61 Å². The minimum absolute atomic E-state index is 0.0627. The van der Waals surface area contributed by atoms with Gasteiger partial charge in [-0.05, 0) is 18.8 Å². The van der Waals surface area contributed by atoms with Gasteiger partial charge in [-0.1, -0.05) is 91.4 Å². The third kappa shape index (κ3) is 20.0. The summed E-state index contributed by atoms with van der Waals surface area (Å²) in [7, 11) is 0. The first-order valence-electron chi connectivity index (χ1n) is 12.0. The van der Waals surface area contributed by atoms with Crippen LogP contribution in [0.5, 0.6) is 0 Å². The molecule has 0 radical (unpaired) electrons. The molecule has 1 atom stereocenters. The van der Waals surface area contributed by atoms with Gasteiger partial charge < -0.3 is 14.6 Å². The lowest BCUT2D eigenvalue weighted by Crippen LogP contribution is -2.28. The Kier molecular flexibility index (Phi) is 19.4. The van der Waals surface area contributed by atoms with Gasteiger partial charge in [-0.2, -0.15) is 0 Å². The number of esters is 2. The smallest absolute Gasteiger partial charge is 0.306 e. The van der Waals surface area contributed by atoms with E-state index in [2.05, 4.69) is 20.8 Å². The highest BCUT2D eigenvalue weighted by molar-refractivity contribution is 5.70. The number of carbonyl (C=O) groups excluding carboxylic acids is 2. The fourth-order valence-corrected chi connectivity index (χ4v) is 3.21. The summed E-state index contributed by atoms with van der Waals surface area (Å²) >= 11 is 0. The Labute approximate surface area is 178 Å². The number of unbranched alkanes of at least 4 members (excludes halogenated alkanes) is 10. The number of aliphatic hydroxyl groups excluding tert-OH is 1. The molecule has 0 aliphatic rings. The van der Waals surface area contributed by atoms with Gasteiger partial charge in [0, 0.05) is 12.8 Å². The maximum absolute atomic E-state index is 11.8. The van der Waals surface area contributed by atoms with Crippen LogP contribution in [0.15, 0.2) is 0 Å². The van der Waals surface area contributed by atoms with Crippen LogP contribution >= 0.6 is 0 Å². The molecule has 5 nitrogen and oxygen atoms in total. The van der Waals surface area contributed by atoms with Crippen molar-refractivity contribution in [3.8, 4) is 0 Å². The van der Waals surface area contributed by atoms with E-state index in [1.165, 1.54) is 44.9 Å². The summed E-state index contributed by atoms with van der Waals surface area (Å²) < 4.78 is 10.4. The Bertz CT molecular complexity index is 395. The number of carbonyl (C=O) groups is 2. The largest absolute Gasteiger partial charge is 0.462 e. The molecular weight excluding hydrogens is 368 g/mol. The molecule has 0 aromatic heterocycles. The van der Waals surface area contributed by atoms with E-state index in [1.807, 2.05) is 0 Å². The van der Waals surface area contributed by atoms with Crippen molar-refractivity contribution in [3.63, 3.8) is 0 Å². The van der Waals surface area contributed by atoms with E-state index in [1.54, 1.807) is 0 Å². The normalized spacial score (nSPS) is 12.2. The van der Waals surface area contributed by atoms with Crippen molar-refractivity contribution in [3.05, 3.63) is 0 Å². The lowest BCUT2D eigenvalue weighted by atomic mass is 10.0. The number of aliphatic hydroxyl groups is 1. The van der Waals surface area contributed by atoms with E-state index in [0.29, 0.717) is 12.8 Å². The number of rotatable bonds is 20. The SMILES string of the molecule is CCCCCCCC(=O)O[C@@H](CO)COC(=O)CCCCCCCCCC(C)C. The van der Waals surface area contributed by atoms with Crippen LogP contribution in [0.4, 0.5) is 0 Å². The molecule has 0 amide bonds. The fourth-order valence-electron chi connectivity index (χ4n) is 3.21. The van der Waals surface area contributed by atoms with Gasteiger partial charge in [0.25, 0.3) is 0 Å². The minimum atomic E-state index is -0.757. The van der Waals surface area contributed by atoms with Crippen molar-refractivity contribution >= 4 is 11.9 Å². The third-order valence-corrected chi connectivity index (χ3v) is 5.08. The molecule has 0 aromatic carbocycles. The van der Waals surface area contributed by atoms with E-state index >= 15 is 0 Å². The molecule has 0 heterocycles. The topological polar surface area (TPSA) is 72.8 Å². The molecule has 0 saturated heterocycles. The predicted octanol–water partition coefficient (Wildman–Crippen LogP) is 5.96. The first-order chi connectivity index (χ1) is 14.0. The first kappa shape index (κ1) is 27.9. The molecule has 29 heavy (non-hydrogen) atoms. The van der Waals surface area contributed by atoms with Gasteiger partial charge in [-0.15, -0.1) is 0 Å². The average molecular weight is 415 g/mol. The lowest BCUT2D eigenvalue weighted by molar-refractivity contribution is -0.161. The van der Waals surface area contributed by atoms with E-state index in [0.717, 1.165) is 44.4 Å². The number of ether oxygens (including phenoxy) is 2. The zero-order chi connectivity index (χ0) is 21.7. The molecule has 0 aliphatic heterocycles. The molecule has 0 bridgehead atoms. The molecular formula is C24H46O5. The van der Waals surface area contributed by atoms with Crippen LogP contribution in [0, 0.1) is 5.92 Å². The van der Waals surface area contributed by atoms with Crippen molar-refractivity contribution in [1.29, 1.82) is 0 Å². The van der Waals surface area contributed by atoms with E-state index in [4.69, 9.17) is 9.47 Å². The number of hydrogen-bond acceptors (Lipinski definition) is 5. The minimum Gasteiger partial charge on any atom is -0.462 e. The molecule has 1 N–H and O–H groups in total. The summed E-state index contributed by atoms with van der Waals surface area (Å²) in [5.74, 6) is 0.187. The lowest BCUT2D eigenvalue weighted by Gasteiger charge is -2.15. The second-order valence-corrected chi connectivity index (χ2v) is 8.55. The summed E-state index contributed by atoms with van der Waals surface area (Å²) in [5.41, 5.74) is 0. The molecule has 0 aliphatic carbocycles. The Balaban J connectivity index is 3.63. The maximum Gasteiger partial charge on any atom is 0.306 e. The van der Waals surface area contributed by atoms with Crippen LogP contribution in [-0.2, 0) is 19.1 Å². The average Bonchev–Trinajstić information content (AvgIpc) is 2.69. The van der Waals surface area contributed by atoms with Gasteiger partial charge >= 0.3 is 11.9 Å². The van der Waals surface area contributed by atoms with Crippen LogP contribution in [0.2, 0.25) is 0 Å². The quantitative estimate of drug-likeness (QED) is 0.196.